The molecule has 1 aliphatic heterocycles. The summed E-state index contributed by atoms with van der Waals surface area (Å²) >= 11 is 1.66. The number of fused-ring (bicyclic) bond motifs is 1. The molecule has 1 aromatic carbocycles. The first-order chi connectivity index (χ1) is 13.1. The molecule has 0 unspecified atom stereocenters. The molecule has 4 rings (SSSR count). The Balaban J connectivity index is 1.59. The van der Waals surface area contributed by atoms with Crippen LogP contribution in [0.2, 0.25) is 0 Å². The SMILES string of the molecule is COc1cccc(N2CCN(c3ncnc4sc(C)cc34)CC2)c1[N+](=O)[O-]. The largest absolute Gasteiger partial charge is 0.490 e. The number of aryl methyl sites for hydroxylation is 1. The molecule has 0 saturated carbocycles. The molecule has 1 saturated heterocycles. The third-order valence-electron chi connectivity index (χ3n) is 4.73. The molecule has 3 heterocycles. The number of nitro benzene ring substituents is 1. The average molecular weight is 385 g/mol. The first kappa shape index (κ1) is 17.5. The fourth-order valence-electron chi connectivity index (χ4n) is 3.49. The Bertz CT molecular complexity index is 998. The highest BCUT2D eigenvalue weighted by Gasteiger charge is 2.28. The number of hydrogen-bond donors (Lipinski definition) is 0. The predicted molar refractivity (Wildman–Crippen MR) is 106 cm³/mol. The van der Waals surface area contributed by atoms with Crippen molar-refractivity contribution in [3.63, 3.8) is 0 Å². The molecule has 8 nitrogen and oxygen atoms in total. The fourth-order valence-corrected chi connectivity index (χ4v) is 4.33. The van der Waals surface area contributed by atoms with Gasteiger partial charge >= 0.3 is 5.69 Å². The number of thiophene rings is 1. The lowest BCUT2D eigenvalue weighted by Crippen LogP contribution is -2.47. The molecule has 0 amide bonds. The molecule has 2 aromatic heterocycles. The molecule has 9 heteroatoms. The van der Waals surface area contributed by atoms with E-state index in [0.717, 1.165) is 29.1 Å². The lowest BCUT2D eigenvalue weighted by Gasteiger charge is -2.36. The standard InChI is InChI=1S/C18H19N5O3S/c1-12-10-13-17(19-11-20-18(13)27-12)22-8-6-21(7-9-22)14-4-3-5-15(26-2)16(14)23(24)25/h3-5,10-11H,6-9H2,1-2H3. The van der Waals surface area contributed by atoms with Crippen molar-refractivity contribution in [2.24, 2.45) is 0 Å². The van der Waals surface area contributed by atoms with Gasteiger partial charge in [-0.15, -0.1) is 11.3 Å². The van der Waals surface area contributed by atoms with Crippen molar-refractivity contribution in [1.29, 1.82) is 0 Å². The maximum absolute atomic E-state index is 11.6. The number of rotatable bonds is 4. The van der Waals surface area contributed by atoms with Crippen LogP contribution in [0.15, 0.2) is 30.6 Å². The summed E-state index contributed by atoms with van der Waals surface area (Å²) in [6.45, 7) is 4.87. The van der Waals surface area contributed by atoms with E-state index in [9.17, 15) is 10.1 Å². The van der Waals surface area contributed by atoms with Crippen LogP contribution in [-0.2, 0) is 0 Å². The van der Waals surface area contributed by atoms with Crippen molar-refractivity contribution in [3.05, 3.63) is 45.6 Å². The maximum Gasteiger partial charge on any atom is 0.333 e. The molecule has 1 fully saturated rings. The van der Waals surface area contributed by atoms with Gasteiger partial charge in [0.05, 0.1) is 17.4 Å². The second-order valence-electron chi connectivity index (χ2n) is 6.33. The molecular formula is C18H19N5O3S. The minimum atomic E-state index is -0.372. The first-order valence-corrected chi connectivity index (χ1v) is 9.42. The van der Waals surface area contributed by atoms with E-state index in [1.165, 1.54) is 12.0 Å². The minimum Gasteiger partial charge on any atom is -0.490 e. The molecule has 0 spiro atoms. The van der Waals surface area contributed by atoms with Crippen LogP contribution in [0.4, 0.5) is 17.2 Å². The number of hydrogen-bond acceptors (Lipinski definition) is 8. The summed E-state index contributed by atoms with van der Waals surface area (Å²) in [5.74, 6) is 1.22. The number of ether oxygens (including phenoxy) is 1. The Hall–Kier alpha value is -2.94. The Morgan fingerprint density at radius 1 is 1.19 bits per heavy atom. The van der Waals surface area contributed by atoms with Crippen LogP contribution in [0.1, 0.15) is 4.88 Å². The summed E-state index contributed by atoms with van der Waals surface area (Å²) < 4.78 is 5.18. The van der Waals surface area contributed by atoms with Crippen molar-refractivity contribution in [1.82, 2.24) is 9.97 Å². The molecule has 0 N–H and O–H groups in total. The van der Waals surface area contributed by atoms with Gasteiger partial charge in [0.1, 0.15) is 22.7 Å². The average Bonchev–Trinajstić information content (AvgIpc) is 3.07. The van der Waals surface area contributed by atoms with E-state index in [2.05, 4.69) is 27.9 Å². The van der Waals surface area contributed by atoms with Gasteiger partial charge in [-0.05, 0) is 25.1 Å². The highest BCUT2D eigenvalue weighted by atomic mass is 32.1. The van der Waals surface area contributed by atoms with Crippen LogP contribution < -0.4 is 14.5 Å². The van der Waals surface area contributed by atoms with Crippen molar-refractivity contribution >= 4 is 38.7 Å². The molecule has 0 bridgehead atoms. The molecule has 3 aromatic rings. The predicted octanol–water partition coefficient (Wildman–Crippen LogP) is 3.24. The number of piperazine rings is 1. The van der Waals surface area contributed by atoms with Crippen LogP contribution >= 0.6 is 11.3 Å². The molecular weight excluding hydrogens is 366 g/mol. The second-order valence-corrected chi connectivity index (χ2v) is 7.57. The summed E-state index contributed by atoms with van der Waals surface area (Å²) in [7, 11) is 1.45. The number of anilines is 2. The zero-order valence-electron chi connectivity index (χ0n) is 15.1. The fraction of sp³-hybridized carbons (Fsp3) is 0.333. The van der Waals surface area contributed by atoms with E-state index in [4.69, 9.17) is 4.74 Å². The topological polar surface area (TPSA) is 84.6 Å². The smallest absolute Gasteiger partial charge is 0.333 e. The van der Waals surface area contributed by atoms with Crippen LogP contribution in [-0.4, -0.2) is 48.2 Å². The maximum atomic E-state index is 11.6. The van der Waals surface area contributed by atoms with Gasteiger partial charge < -0.3 is 14.5 Å². The zero-order chi connectivity index (χ0) is 19.0. The zero-order valence-corrected chi connectivity index (χ0v) is 15.9. The molecule has 140 valence electrons. The number of para-hydroxylation sites is 1. The monoisotopic (exact) mass is 385 g/mol. The second kappa shape index (κ2) is 6.99. The summed E-state index contributed by atoms with van der Waals surface area (Å²) in [6.07, 6.45) is 1.60. The van der Waals surface area contributed by atoms with Gasteiger partial charge in [-0.3, -0.25) is 10.1 Å². The van der Waals surface area contributed by atoms with Crippen LogP contribution in [0.5, 0.6) is 5.75 Å². The summed E-state index contributed by atoms with van der Waals surface area (Å²) in [4.78, 5) is 26.5. The summed E-state index contributed by atoms with van der Waals surface area (Å²) in [6, 6.07) is 7.31. The van der Waals surface area contributed by atoms with Gasteiger partial charge in [-0.2, -0.15) is 0 Å². The number of nitrogens with zero attached hydrogens (tertiary/aromatic N) is 5. The van der Waals surface area contributed by atoms with E-state index < -0.39 is 0 Å². The molecule has 1 aliphatic rings. The Kier molecular flexibility index (Phi) is 4.53. The van der Waals surface area contributed by atoms with E-state index in [1.807, 2.05) is 4.90 Å². The molecule has 0 atom stereocenters. The minimum absolute atomic E-state index is 0.0198. The Morgan fingerprint density at radius 2 is 1.93 bits per heavy atom. The van der Waals surface area contributed by atoms with Crippen LogP contribution in [0.25, 0.3) is 10.2 Å². The Labute approximate surface area is 160 Å². The van der Waals surface area contributed by atoms with Crippen molar-refractivity contribution in [2.75, 3.05) is 43.1 Å². The van der Waals surface area contributed by atoms with Crippen molar-refractivity contribution in [2.45, 2.75) is 6.92 Å². The first-order valence-electron chi connectivity index (χ1n) is 8.61. The van der Waals surface area contributed by atoms with E-state index in [0.29, 0.717) is 18.8 Å². The normalized spacial score (nSPS) is 14.6. The number of nitro groups is 1. The van der Waals surface area contributed by atoms with Gasteiger partial charge in [0, 0.05) is 31.1 Å². The summed E-state index contributed by atoms with van der Waals surface area (Å²) in [5.41, 5.74) is 0.615. The lowest BCUT2D eigenvalue weighted by molar-refractivity contribution is -0.385. The van der Waals surface area contributed by atoms with E-state index in [-0.39, 0.29) is 16.4 Å². The number of benzene rings is 1. The lowest BCUT2D eigenvalue weighted by atomic mass is 10.2. The van der Waals surface area contributed by atoms with E-state index >= 15 is 0 Å². The highest BCUT2D eigenvalue weighted by Crippen LogP contribution is 2.38. The van der Waals surface area contributed by atoms with Gasteiger partial charge in [0.2, 0.25) is 0 Å². The van der Waals surface area contributed by atoms with Gasteiger partial charge in [-0.25, -0.2) is 9.97 Å². The molecule has 0 aliphatic carbocycles. The third kappa shape index (κ3) is 3.14. The quantitative estimate of drug-likeness (QED) is 0.503. The number of methoxy groups -OCH3 is 1. The summed E-state index contributed by atoms with van der Waals surface area (Å²) in [5, 5.41) is 12.6. The molecule has 0 radical (unpaired) electrons. The Morgan fingerprint density at radius 3 is 2.63 bits per heavy atom. The van der Waals surface area contributed by atoms with Crippen molar-refractivity contribution in [3.8, 4) is 5.75 Å². The van der Waals surface area contributed by atoms with Gasteiger partial charge in [-0.1, -0.05) is 6.07 Å². The van der Waals surface area contributed by atoms with Gasteiger partial charge in [0.25, 0.3) is 0 Å². The highest BCUT2D eigenvalue weighted by molar-refractivity contribution is 7.18. The van der Waals surface area contributed by atoms with Crippen molar-refractivity contribution < 1.29 is 9.66 Å². The third-order valence-corrected chi connectivity index (χ3v) is 5.69. The van der Waals surface area contributed by atoms with Crippen LogP contribution in [0.3, 0.4) is 0 Å². The van der Waals surface area contributed by atoms with Crippen LogP contribution in [0, 0.1) is 17.0 Å². The van der Waals surface area contributed by atoms with Gasteiger partial charge in [0.15, 0.2) is 5.75 Å². The number of aromatic nitrogens is 2. The van der Waals surface area contributed by atoms with E-state index in [1.54, 1.807) is 35.9 Å². The molecule has 27 heavy (non-hydrogen) atoms.